The molecule has 0 spiro atoms. The van der Waals surface area contributed by atoms with Crippen molar-refractivity contribution in [3.63, 3.8) is 0 Å². The van der Waals surface area contributed by atoms with Crippen LogP contribution in [0.2, 0.25) is 0 Å². The Hall–Kier alpha value is -0.500. The van der Waals surface area contributed by atoms with Crippen molar-refractivity contribution >= 4 is 15.9 Å². The average molecular weight is 200 g/mol. The molecule has 1 rings (SSSR count). The molecule has 0 aliphatic heterocycles. The maximum atomic E-state index is 5.29. The normalized spacial score (nSPS) is 9.30. The SMILES string of the molecule is BrCCOc1cc[c]cc1. The lowest BCUT2D eigenvalue weighted by Crippen LogP contribution is -1.96. The lowest BCUT2D eigenvalue weighted by atomic mass is 10.3. The molecule has 53 valence electrons. The first kappa shape index (κ1) is 7.61. The maximum absolute atomic E-state index is 5.29. The fourth-order valence-corrected chi connectivity index (χ4v) is 0.786. The Labute approximate surface area is 69.1 Å². The first-order valence-electron chi connectivity index (χ1n) is 3.08. The van der Waals surface area contributed by atoms with Crippen LogP contribution >= 0.6 is 15.9 Å². The van der Waals surface area contributed by atoms with Gasteiger partial charge in [0.05, 0.1) is 6.61 Å². The zero-order valence-corrected chi connectivity index (χ0v) is 7.10. The van der Waals surface area contributed by atoms with E-state index in [0.717, 1.165) is 11.1 Å². The summed E-state index contributed by atoms with van der Waals surface area (Å²) in [7, 11) is 0. The first-order valence-corrected chi connectivity index (χ1v) is 4.20. The van der Waals surface area contributed by atoms with Crippen molar-refractivity contribution in [3.05, 3.63) is 30.3 Å². The summed E-state index contributed by atoms with van der Waals surface area (Å²) in [6.07, 6.45) is 0. The van der Waals surface area contributed by atoms with E-state index in [-0.39, 0.29) is 0 Å². The second-order valence-electron chi connectivity index (χ2n) is 1.77. The molecule has 0 aromatic heterocycles. The molecule has 0 bridgehead atoms. The predicted octanol–water partition coefficient (Wildman–Crippen LogP) is 2.26. The van der Waals surface area contributed by atoms with E-state index in [0.29, 0.717) is 6.61 Å². The highest BCUT2D eigenvalue weighted by Gasteiger charge is 1.87. The molecule has 0 fully saturated rings. The molecular weight excluding hydrogens is 192 g/mol. The van der Waals surface area contributed by atoms with Gasteiger partial charge in [0.25, 0.3) is 0 Å². The summed E-state index contributed by atoms with van der Waals surface area (Å²) in [6.45, 7) is 0.712. The van der Waals surface area contributed by atoms with Gasteiger partial charge in [-0.25, -0.2) is 0 Å². The van der Waals surface area contributed by atoms with Gasteiger partial charge in [-0.1, -0.05) is 28.1 Å². The van der Waals surface area contributed by atoms with Gasteiger partial charge >= 0.3 is 0 Å². The largest absolute Gasteiger partial charge is 0.493 e. The highest BCUT2D eigenvalue weighted by molar-refractivity contribution is 9.09. The molecule has 1 aromatic rings. The van der Waals surface area contributed by atoms with Crippen LogP contribution in [0.5, 0.6) is 5.75 Å². The monoisotopic (exact) mass is 199 g/mol. The molecule has 0 heterocycles. The Morgan fingerprint density at radius 2 is 2.10 bits per heavy atom. The lowest BCUT2D eigenvalue weighted by molar-refractivity contribution is 0.345. The van der Waals surface area contributed by atoms with Gasteiger partial charge in [-0.05, 0) is 18.2 Å². The van der Waals surface area contributed by atoms with Crippen molar-refractivity contribution in [1.29, 1.82) is 0 Å². The van der Waals surface area contributed by atoms with E-state index in [1.54, 1.807) is 0 Å². The predicted molar refractivity (Wildman–Crippen MR) is 44.6 cm³/mol. The minimum atomic E-state index is 0.712. The third-order valence-electron chi connectivity index (χ3n) is 1.03. The Morgan fingerprint density at radius 1 is 1.40 bits per heavy atom. The van der Waals surface area contributed by atoms with Crippen molar-refractivity contribution in [2.45, 2.75) is 0 Å². The second-order valence-corrected chi connectivity index (χ2v) is 2.57. The molecule has 1 aromatic carbocycles. The number of halogens is 1. The van der Waals surface area contributed by atoms with E-state index in [1.807, 2.05) is 24.3 Å². The molecule has 1 radical (unpaired) electrons. The molecular formula is C8H8BrO. The van der Waals surface area contributed by atoms with Crippen LogP contribution in [-0.4, -0.2) is 11.9 Å². The van der Waals surface area contributed by atoms with E-state index in [4.69, 9.17) is 4.74 Å². The summed E-state index contributed by atoms with van der Waals surface area (Å²) >= 11 is 3.27. The van der Waals surface area contributed by atoms with E-state index in [2.05, 4.69) is 22.0 Å². The third-order valence-corrected chi connectivity index (χ3v) is 1.36. The van der Waals surface area contributed by atoms with Crippen LogP contribution in [0.3, 0.4) is 0 Å². The maximum Gasteiger partial charge on any atom is 0.119 e. The Kier molecular flexibility index (Phi) is 3.30. The summed E-state index contributed by atoms with van der Waals surface area (Å²) in [4.78, 5) is 0. The molecule has 0 saturated heterocycles. The summed E-state index contributed by atoms with van der Waals surface area (Å²) in [5.41, 5.74) is 0. The minimum absolute atomic E-state index is 0.712. The summed E-state index contributed by atoms with van der Waals surface area (Å²) in [6, 6.07) is 10.4. The Bertz CT molecular complexity index is 174. The van der Waals surface area contributed by atoms with E-state index >= 15 is 0 Å². The van der Waals surface area contributed by atoms with Crippen LogP contribution in [-0.2, 0) is 0 Å². The summed E-state index contributed by atoms with van der Waals surface area (Å²) in [5.74, 6) is 0.901. The number of benzene rings is 1. The van der Waals surface area contributed by atoms with Crippen molar-refractivity contribution in [1.82, 2.24) is 0 Å². The smallest absolute Gasteiger partial charge is 0.119 e. The van der Waals surface area contributed by atoms with Gasteiger partial charge in [0, 0.05) is 5.33 Å². The minimum Gasteiger partial charge on any atom is -0.493 e. The van der Waals surface area contributed by atoms with Gasteiger partial charge in [-0.2, -0.15) is 0 Å². The summed E-state index contributed by atoms with van der Waals surface area (Å²) in [5, 5.41) is 0.867. The van der Waals surface area contributed by atoms with Crippen molar-refractivity contribution in [2.24, 2.45) is 0 Å². The van der Waals surface area contributed by atoms with Crippen LogP contribution < -0.4 is 4.74 Å². The average Bonchev–Trinajstić information content (AvgIpc) is 2.03. The first-order chi connectivity index (χ1) is 4.93. The van der Waals surface area contributed by atoms with Crippen molar-refractivity contribution in [2.75, 3.05) is 11.9 Å². The highest BCUT2D eigenvalue weighted by atomic mass is 79.9. The Balaban J connectivity index is 2.43. The molecule has 1 nitrogen and oxygen atoms in total. The van der Waals surface area contributed by atoms with Crippen molar-refractivity contribution < 1.29 is 4.74 Å². The molecule has 2 heteroatoms. The number of alkyl halides is 1. The quantitative estimate of drug-likeness (QED) is 0.680. The molecule has 0 N–H and O–H groups in total. The molecule has 0 saturated carbocycles. The van der Waals surface area contributed by atoms with Crippen LogP contribution in [0.15, 0.2) is 24.3 Å². The standard InChI is InChI=1S/C8H8BrO/c9-6-7-10-8-4-2-1-3-5-8/h2-5H,6-7H2. The fourth-order valence-electron chi connectivity index (χ4n) is 0.624. The summed E-state index contributed by atoms with van der Waals surface area (Å²) < 4.78 is 5.29. The number of hydrogen-bond acceptors (Lipinski definition) is 1. The number of rotatable bonds is 3. The van der Waals surface area contributed by atoms with Gasteiger partial charge in [0.2, 0.25) is 0 Å². The zero-order chi connectivity index (χ0) is 7.23. The van der Waals surface area contributed by atoms with Gasteiger partial charge in [0.1, 0.15) is 5.75 Å². The number of hydrogen-bond donors (Lipinski definition) is 0. The van der Waals surface area contributed by atoms with E-state index in [1.165, 1.54) is 0 Å². The topological polar surface area (TPSA) is 9.23 Å². The van der Waals surface area contributed by atoms with Crippen molar-refractivity contribution in [3.8, 4) is 5.75 Å². The fraction of sp³-hybridized carbons (Fsp3) is 0.250. The van der Waals surface area contributed by atoms with E-state index < -0.39 is 0 Å². The zero-order valence-electron chi connectivity index (χ0n) is 5.51. The Morgan fingerprint density at radius 3 is 2.70 bits per heavy atom. The molecule has 0 amide bonds. The van der Waals surface area contributed by atoms with Crippen LogP contribution in [0.25, 0.3) is 0 Å². The second kappa shape index (κ2) is 4.34. The molecule has 0 aliphatic rings. The van der Waals surface area contributed by atoms with Gasteiger partial charge in [-0.15, -0.1) is 0 Å². The van der Waals surface area contributed by atoms with Crippen LogP contribution in [0, 0.1) is 6.07 Å². The molecule has 0 unspecified atom stereocenters. The van der Waals surface area contributed by atoms with Gasteiger partial charge < -0.3 is 4.74 Å². The lowest BCUT2D eigenvalue weighted by Gasteiger charge is -2.00. The molecule has 10 heavy (non-hydrogen) atoms. The van der Waals surface area contributed by atoms with Gasteiger partial charge in [-0.3, -0.25) is 0 Å². The molecule has 0 aliphatic carbocycles. The van der Waals surface area contributed by atoms with E-state index in [9.17, 15) is 0 Å². The number of ether oxygens (including phenoxy) is 1. The van der Waals surface area contributed by atoms with Gasteiger partial charge in [0.15, 0.2) is 0 Å². The van der Waals surface area contributed by atoms with Crippen LogP contribution in [0.4, 0.5) is 0 Å². The highest BCUT2D eigenvalue weighted by Crippen LogP contribution is 2.07. The van der Waals surface area contributed by atoms with Crippen LogP contribution in [0.1, 0.15) is 0 Å². The molecule has 0 atom stereocenters. The third kappa shape index (κ3) is 2.40.